The molecule has 0 aliphatic carbocycles. The zero-order valence-corrected chi connectivity index (χ0v) is 10.2. The van der Waals surface area contributed by atoms with E-state index in [1.165, 1.54) is 12.1 Å². The van der Waals surface area contributed by atoms with E-state index in [1.807, 2.05) is 6.07 Å². The molecule has 0 aliphatic heterocycles. The number of nitriles is 1. The molecule has 1 unspecified atom stereocenters. The number of amides is 1. The molecule has 1 rings (SSSR count). The van der Waals surface area contributed by atoms with Crippen LogP contribution in [-0.2, 0) is 0 Å². The van der Waals surface area contributed by atoms with Gasteiger partial charge in [-0.05, 0) is 25.1 Å². The molecule has 3 nitrogen and oxygen atoms in total. The van der Waals surface area contributed by atoms with Gasteiger partial charge < -0.3 is 5.32 Å². The third kappa shape index (κ3) is 3.31. The molecule has 0 aromatic heterocycles. The summed E-state index contributed by atoms with van der Waals surface area (Å²) in [6.45, 7) is 1.69. The van der Waals surface area contributed by atoms with E-state index < -0.39 is 11.7 Å². The molecule has 0 fully saturated rings. The van der Waals surface area contributed by atoms with Crippen LogP contribution in [0.5, 0.6) is 0 Å². The van der Waals surface area contributed by atoms with Gasteiger partial charge in [-0.1, -0.05) is 15.9 Å². The maximum atomic E-state index is 13.4. The molecule has 1 atom stereocenters. The second-order valence-corrected chi connectivity index (χ2v) is 4.28. The standard InChI is InChI=1S/C11H10BrFN2O/c1-7(4-5-14)15-11(16)9-3-2-8(12)6-10(9)13/h2-3,6-7H,4H2,1H3,(H,15,16). The zero-order chi connectivity index (χ0) is 12.1. The summed E-state index contributed by atoms with van der Waals surface area (Å²) in [5, 5.41) is 11.0. The van der Waals surface area contributed by atoms with E-state index in [9.17, 15) is 9.18 Å². The smallest absolute Gasteiger partial charge is 0.254 e. The number of carbonyl (C=O) groups is 1. The maximum Gasteiger partial charge on any atom is 0.254 e. The van der Waals surface area contributed by atoms with Crippen LogP contribution in [0.15, 0.2) is 22.7 Å². The Balaban J connectivity index is 2.78. The molecular weight excluding hydrogens is 275 g/mol. The van der Waals surface area contributed by atoms with E-state index >= 15 is 0 Å². The Hall–Kier alpha value is -1.41. The second-order valence-electron chi connectivity index (χ2n) is 3.36. The SMILES string of the molecule is CC(CC#N)NC(=O)c1ccc(Br)cc1F. The van der Waals surface area contributed by atoms with Crippen LogP contribution < -0.4 is 5.32 Å². The van der Waals surface area contributed by atoms with E-state index in [-0.39, 0.29) is 18.0 Å². The summed E-state index contributed by atoms with van der Waals surface area (Å²) < 4.78 is 14.0. The topological polar surface area (TPSA) is 52.9 Å². The fraction of sp³-hybridized carbons (Fsp3) is 0.273. The summed E-state index contributed by atoms with van der Waals surface area (Å²) in [6, 6.07) is 5.85. The zero-order valence-electron chi connectivity index (χ0n) is 8.63. The van der Waals surface area contributed by atoms with Crippen molar-refractivity contribution >= 4 is 21.8 Å². The normalized spacial score (nSPS) is 11.6. The quantitative estimate of drug-likeness (QED) is 0.928. The average molecular weight is 285 g/mol. The van der Waals surface area contributed by atoms with Crippen molar-refractivity contribution in [2.75, 3.05) is 0 Å². The monoisotopic (exact) mass is 284 g/mol. The highest BCUT2D eigenvalue weighted by molar-refractivity contribution is 9.10. The minimum atomic E-state index is -0.587. The number of nitrogens with one attached hydrogen (secondary N) is 1. The molecule has 1 N–H and O–H groups in total. The predicted molar refractivity (Wildman–Crippen MR) is 61.3 cm³/mol. The van der Waals surface area contributed by atoms with E-state index in [4.69, 9.17) is 5.26 Å². The molecule has 0 heterocycles. The highest BCUT2D eigenvalue weighted by Crippen LogP contribution is 2.15. The van der Waals surface area contributed by atoms with Crippen molar-refractivity contribution < 1.29 is 9.18 Å². The van der Waals surface area contributed by atoms with Gasteiger partial charge in [0.05, 0.1) is 18.1 Å². The molecule has 0 saturated heterocycles. The number of carbonyl (C=O) groups excluding carboxylic acids is 1. The Morgan fingerprint density at radius 2 is 2.38 bits per heavy atom. The molecule has 16 heavy (non-hydrogen) atoms. The lowest BCUT2D eigenvalue weighted by Gasteiger charge is -2.10. The van der Waals surface area contributed by atoms with Crippen LogP contribution in [0.2, 0.25) is 0 Å². The Labute approximate surface area is 101 Å². The fourth-order valence-electron chi connectivity index (χ4n) is 1.16. The van der Waals surface area contributed by atoms with Crippen molar-refractivity contribution in [1.82, 2.24) is 5.32 Å². The molecule has 0 saturated carbocycles. The van der Waals surface area contributed by atoms with Crippen LogP contribution in [0.25, 0.3) is 0 Å². The molecule has 1 aromatic rings. The van der Waals surface area contributed by atoms with Gasteiger partial charge in [-0.25, -0.2) is 4.39 Å². The van der Waals surface area contributed by atoms with Crippen molar-refractivity contribution in [2.45, 2.75) is 19.4 Å². The van der Waals surface area contributed by atoms with Crippen molar-refractivity contribution in [2.24, 2.45) is 0 Å². The lowest BCUT2D eigenvalue weighted by atomic mass is 10.1. The van der Waals surface area contributed by atoms with Gasteiger partial charge in [0.1, 0.15) is 5.82 Å². The number of nitrogens with zero attached hydrogens (tertiary/aromatic N) is 1. The predicted octanol–water partition coefficient (Wildman–Crippen LogP) is 2.62. The Morgan fingerprint density at radius 1 is 1.69 bits per heavy atom. The van der Waals surface area contributed by atoms with Crippen molar-refractivity contribution in [1.29, 1.82) is 5.26 Å². The summed E-state index contributed by atoms with van der Waals surface area (Å²) in [5.74, 6) is -1.09. The number of hydrogen-bond acceptors (Lipinski definition) is 2. The van der Waals surface area contributed by atoms with Crippen LogP contribution in [0.1, 0.15) is 23.7 Å². The van der Waals surface area contributed by atoms with E-state index in [2.05, 4.69) is 21.2 Å². The van der Waals surface area contributed by atoms with Crippen LogP contribution in [-0.4, -0.2) is 11.9 Å². The van der Waals surface area contributed by atoms with Gasteiger partial charge in [0.15, 0.2) is 0 Å². The van der Waals surface area contributed by atoms with Gasteiger partial charge in [0, 0.05) is 10.5 Å². The largest absolute Gasteiger partial charge is 0.348 e. The van der Waals surface area contributed by atoms with E-state index in [0.717, 1.165) is 0 Å². The average Bonchev–Trinajstić information content (AvgIpc) is 2.17. The molecule has 5 heteroatoms. The van der Waals surface area contributed by atoms with Gasteiger partial charge in [-0.2, -0.15) is 5.26 Å². The lowest BCUT2D eigenvalue weighted by molar-refractivity contribution is 0.0937. The fourth-order valence-corrected chi connectivity index (χ4v) is 1.50. The highest BCUT2D eigenvalue weighted by atomic mass is 79.9. The summed E-state index contributed by atoms with van der Waals surface area (Å²) in [4.78, 5) is 11.6. The van der Waals surface area contributed by atoms with E-state index in [0.29, 0.717) is 4.47 Å². The Kier molecular flexibility index (Phi) is 4.44. The Morgan fingerprint density at radius 3 is 2.94 bits per heavy atom. The van der Waals surface area contributed by atoms with Crippen molar-refractivity contribution in [3.63, 3.8) is 0 Å². The molecule has 0 radical (unpaired) electrons. The third-order valence-corrected chi connectivity index (χ3v) is 2.44. The summed E-state index contributed by atoms with van der Waals surface area (Å²) >= 11 is 3.11. The number of hydrogen-bond donors (Lipinski definition) is 1. The van der Waals surface area contributed by atoms with Gasteiger partial charge in [-0.3, -0.25) is 4.79 Å². The maximum absolute atomic E-state index is 13.4. The molecule has 1 aromatic carbocycles. The first-order chi connectivity index (χ1) is 7.54. The second kappa shape index (κ2) is 5.61. The summed E-state index contributed by atoms with van der Waals surface area (Å²) in [7, 11) is 0. The lowest BCUT2D eigenvalue weighted by Crippen LogP contribution is -2.32. The molecule has 0 bridgehead atoms. The molecule has 0 aliphatic rings. The molecule has 0 spiro atoms. The van der Waals surface area contributed by atoms with Crippen LogP contribution in [0.4, 0.5) is 4.39 Å². The highest BCUT2D eigenvalue weighted by Gasteiger charge is 2.13. The van der Waals surface area contributed by atoms with Crippen LogP contribution in [0, 0.1) is 17.1 Å². The van der Waals surface area contributed by atoms with Gasteiger partial charge in [-0.15, -0.1) is 0 Å². The summed E-state index contributed by atoms with van der Waals surface area (Å²) in [5.41, 5.74) is -0.0204. The molecular formula is C11H10BrFN2O. The minimum absolute atomic E-state index is 0.0204. The van der Waals surface area contributed by atoms with Gasteiger partial charge in [0.2, 0.25) is 0 Å². The number of benzene rings is 1. The van der Waals surface area contributed by atoms with Crippen molar-refractivity contribution in [3.8, 4) is 6.07 Å². The van der Waals surface area contributed by atoms with Crippen LogP contribution in [0.3, 0.4) is 0 Å². The van der Waals surface area contributed by atoms with E-state index in [1.54, 1.807) is 13.0 Å². The van der Waals surface area contributed by atoms with Gasteiger partial charge >= 0.3 is 0 Å². The minimum Gasteiger partial charge on any atom is -0.348 e. The van der Waals surface area contributed by atoms with Crippen molar-refractivity contribution in [3.05, 3.63) is 34.1 Å². The number of halogens is 2. The molecule has 84 valence electrons. The Bertz CT molecular complexity index is 442. The summed E-state index contributed by atoms with van der Waals surface area (Å²) in [6.07, 6.45) is 0.198. The first kappa shape index (κ1) is 12.7. The first-order valence-corrected chi connectivity index (χ1v) is 5.46. The third-order valence-electron chi connectivity index (χ3n) is 1.95. The first-order valence-electron chi connectivity index (χ1n) is 4.67. The number of rotatable bonds is 3. The van der Waals surface area contributed by atoms with Gasteiger partial charge in [0.25, 0.3) is 5.91 Å². The molecule has 1 amide bonds. The van der Waals surface area contributed by atoms with Crippen LogP contribution >= 0.6 is 15.9 Å².